The first kappa shape index (κ1) is 16.0. The molecule has 0 N–H and O–H groups in total. The maximum atomic E-state index is 13.3. The van der Waals surface area contributed by atoms with E-state index >= 15 is 0 Å². The molecular formula is C19H22F2N2. The molecule has 0 bridgehead atoms. The predicted molar refractivity (Wildman–Crippen MR) is 86.8 cm³/mol. The normalized spacial score (nSPS) is 21.3. The molecule has 23 heavy (non-hydrogen) atoms. The smallest absolute Gasteiger partial charge is 0.159 e. The van der Waals surface area contributed by atoms with Gasteiger partial charge in [0, 0.05) is 18.0 Å². The van der Waals surface area contributed by atoms with E-state index in [1.165, 1.54) is 38.2 Å². The summed E-state index contributed by atoms with van der Waals surface area (Å²) in [6.45, 7) is 2.33. The molecule has 0 saturated heterocycles. The highest BCUT2D eigenvalue weighted by molar-refractivity contribution is 5.54. The molecule has 3 rings (SSSR count). The van der Waals surface area contributed by atoms with Crippen LogP contribution in [0.2, 0.25) is 0 Å². The Balaban J connectivity index is 1.59. The first-order chi connectivity index (χ1) is 11.1. The highest BCUT2D eigenvalue weighted by atomic mass is 19.2. The summed E-state index contributed by atoms with van der Waals surface area (Å²) in [4.78, 5) is 8.59. The molecule has 1 aromatic heterocycles. The van der Waals surface area contributed by atoms with Crippen molar-refractivity contribution in [2.24, 2.45) is 11.8 Å². The molecule has 0 atom stereocenters. The molecule has 0 aliphatic heterocycles. The van der Waals surface area contributed by atoms with E-state index in [-0.39, 0.29) is 0 Å². The molecular weight excluding hydrogens is 294 g/mol. The molecule has 2 nitrogen and oxygen atoms in total. The standard InChI is InChI=1S/C19H22F2N2/c1-13-2-4-14(5-3-13)6-7-15-11-22-19(23-12-15)16-8-9-17(20)18(21)10-16/h8-14H,2-7H2,1H3/t13-,14-. The van der Waals surface area contributed by atoms with Crippen molar-refractivity contribution in [2.45, 2.75) is 45.4 Å². The summed E-state index contributed by atoms with van der Waals surface area (Å²) in [5.74, 6) is 0.398. The summed E-state index contributed by atoms with van der Waals surface area (Å²) in [6, 6.07) is 3.73. The van der Waals surface area contributed by atoms with Crippen LogP contribution < -0.4 is 0 Å². The first-order valence-corrected chi connectivity index (χ1v) is 8.38. The van der Waals surface area contributed by atoms with E-state index in [0.717, 1.165) is 36.0 Å². The molecule has 1 fully saturated rings. The summed E-state index contributed by atoms with van der Waals surface area (Å²) < 4.78 is 26.2. The van der Waals surface area contributed by atoms with E-state index in [1.807, 2.05) is 0 Å². The monoisotopic (exact) mass is 316 g/mol. The van der Waals surface area contributed by atoms with Gasteiger partial charge in [-0.1, -0.05) is 32.6 Å². The van der Waals surface area contributed by atoms with Crippen LogP contribution in [0.15, 0.2) is 30.6 Å². The average molecular weight is 316 g/mol. The Bertz CT molecular complexity index is 647. The maximum Gasteiger partial charge on any atom is 0.159 e. The lowest BCUT2D eigenvalue weighted by molar-refractivity contribution is 0.277. The van der Waals surface area contributed by atoms with E-state index < -0.39 is 11.6 Å². The van der Waals surface area contributed by atoms with Gasteiger partial charge in [0.15, 0.2) is 17.5 Å². The second-order valence-corrected chi connectivity index (χ2v) is 6.71. The lowest BCUT2D eigenvalue weighted by atomic mass is 9.80. The minimum atomic E-state index is -0.873. The highest BCUT2D eigenvalue weighted by Gasteiger charge is 2.18. The SMILES string of the molecule is C[C@H]1CC[C@H](CCc2cnc(-c3ccc(F)c(F)c3)nc2)CC1. The Kier molecular flexibility index (Phi) is 4.99. The molecule has 0 radical (unpaired) electrons. The number of halogens is 2. The summed E-state index contributed by atoms with van der Waals surface area (Å²) >= 11 is 0. The van der Waals surface area contributed by atoms with Gasteiger partial charge in [-0.05, 0) is 48.4 Å². The summed E-state index contributed by atoms with van der Waals surface area (Å²) in [5, 5.41) is 0. The van der Waals surface area contributed by atoms with Crippen molar-refractivity contribution >= 4 is 0 Å². The second-order valence-electron chi connectivity index (χ2n) is 6.71. The molecule has 1 aliphatic rings. The summed E-state index contributed by atoms with van der Waals surface area (Å²) in [6.07, 6.45) is 11.1. The predicted octanol–water partition coefficient (Wildman–Crippen LogP) is 5.18. The van der Waals surface area contributed by atoms with Crippen LogP contribution in [0.4, 0.5) is 8.78 Å². The fraction of sp³-hybridized carbons (Fsp3) is 0.474. The molecule has 4 heteroatoms. The number of aromatic nitrogens is 2. The van der Waals surface area contributed by atoms with Crippen LogP contribution in [0.5, 0.6) is 0 Å². The largest absolute Gasteiger partial charge is 0.236 e. The number of nitrogens with zero attached hydrogens (tertiary/aromatic N) is 2. The minimum absolute atomic E-state index is 0.430. The molecule has 2 aromatic rings. The lowest BCUT2D eigenvalue weighted by Gasteiger charge is -2.25. The number of hydrogen-bond acceptors (Lipinski definition) is 2. The fourth-order valence-corrected chi connectivity index (χ4v) is 3.26. The maximum absolute atomic E-state index is 13.3. The van der Waals surface area contributed by atoms with Crippen molar-refractivity contribution in [1.82, 2.24) is 9.97 Å². The average Bonchev–Trinajstić information content (AvgIpc) is 2.57. The van der Waals surface area contributed by atoms with E-state index in [4.69, 9.17) is 0 Å². The molecule has 1 aromatic carbocycles. The molecule has 0 unspecified atom stereocenters. The van der Waals surface area contributed by atoms with Crippen LogP contribution in [0.3, 0.4) is 0 Å². The highest BCUT2D eigenvalue weighted by Crippen LogP contribution is 2.31. The van der Waals surface area contributed by atoms with Gasteiger partial charge in [-0.25, -0.2) is 18.7 Å². The third-order valence-electron chi connectivity index (χ3n) is 4.86. The third kappa shape index (κ3) is 4.12. The first-order valence-electron chi connectivity index (χ1n) is 8.38. The Hall–Kier alpha value is -1.84. The summed E-state index contributed by atoms with van der Waals surface area (Å²) in [7, 11) is 0. The molecule has 1 aliphatic carbocycles. The number of benzene rings is 1. The molecule has 0 spiro atoms. The van der Waals surface area contributed by atoms with Crippen LogP contribution in [0.1, 0.15) is 44.6 Å². The lowest BCUT2D eigenvalue weighted by Crippen LogP contribution is -2.13. The van der Waals surface area contributed by atoms with Gasteiger partial charge in [0.05, 0.1) is 0 Å². The van der Waals surface area contributed by atoms with Crippen LogP contribution in [-0.4, -0.2) is 9.97 Å². The van der Waals surface area contributed by atoms with Crippen molar-refractivity contribution in [2.75, 3.05) is 0 Å². The van der Waals surface area contributed by atoms with Crippen LogP contribution in [0.25, 0.3) is 11.4 Å². The minimum Gasteiger partial charge on any atom is -0.236 e. The zero-order chi connectivity index (χ0) is 16.2. The summed E-state index contributed by atoms with van der Waals surface area (Å²) in [5.41, 5.74) is 1.60. The fourth-order valence-electron chi connectivity index (χ4n) is 3.26. The molecule has 1 saturated carbocycles. The van der Waals surface area contributed by atoms with E-state index in [1.54, 1.807) is 12.4 Å². The third-order valence-corrected chi connectivity index (χ3v) is 4.86. The van der Waals surface area contributed by atoms with Crippen molar-refractivity contribution in [1.29, 1.82) is 0 Å². The number of aryl methyl sites for hydroxylation is 1. The Morgan fingerprint density at radius 2 is 1.70 bits per heavy atom. The Morgan fingerprint density at radius 3 is 2.35 bits per heavy atom. The van der Waals surface area contributed by atoms with Gasteiger partial charge in [0.1, 0.15) is 0 Å². The number of rotatable bonds is 4. The zero-order valence-corrected chi connectivity index (χ0v) is 13.4. The van der Waals surface area contributed by atoms with E-state index in [0.29, 0.717) is 11.4 Å². The van der Waals surface area contributed by atoms with Crippen molar-refractivity contribution in [3.05, 3.63) is 47.8 Å². The Morgan fingerprint density at radius 1 is 1.00 bits per heavy atom. The van der Waals surface area contributed by atoms with Gasteiger partial charge in [0.2, 0.25) is 0 Å². The van der Waals surface area contributed by atoms with Gasteiger partial charge >= 0.3 is 0 Å². The van der Waals surface area contributed by atoms with Gasteiger partial charge in [-0.2, -0.15) is 0 Å². The second kappa shape index (κ2) is 7.16. The van der Waals surface area contributed by atoms with Crippen molar-refractivity contribution in [3.63, 3.8) is 0 Å². The van der Waals surface area contributed by atoms with Crippen molar-refractivity contribution in [3.8, 4) is 11.4 Å². The zero-order valence-electron chi connectivity index (χ0n) is 13.4. The van der Waals surface area contributed by atoms with Crippen LogP contribution in [0, 0.1) is 23.5 Å². The Labute approximate surface area is 136 Å². The number of hydrogen-bond donors (Lipinski definition) is 0. The molecule has 122 valence electrons. The quantitative estimate of drug-likeness (QED) is 0.776. The van der Waals surface area contributed by atoms with E-state index in [2.05, 4.69) is 16.9 Å². The van der Waals surface area contributed by atoms with Crippen LogP contribution in [-0.2, 0) is 6.42 Å². The van der Waals surface area contributed by atoms with Crippen molar-refractivity contribution < 1.29 is 8.78 Å². The van der Waals surface area contributed by atoms with Gasteiger partial charge in [-0.15, -0.1) is 0 Å². The topological polar surface area (TPSA) is 25.8 Å². The van der Waals surface area contributed by atoms with Crippen LogP contribution >= 0.6 is 0 Å². The van der Waals surface area contributed by atoms with Gasteiger partial charge < -0.3 is 0 Å². The van der Waals surface area contributed by atoms with Gasteiger partial charge in [-0.3, -0.25) is 0 Å². The van der Waals surface area contributed by atoms with E-state index in [9.17, 15) is 8.78 Å². The molecule has 1 heterocycles. The van der Waals surface area contributed by atoms with Gasteiger partial charge in [0.25, 0.3) is 0 Å². The molecule has 0 amide bonds.